The SMILES string of the molecule is CCS(=O)(=O)c1cccc(CC(=O)N2CCc3ccc(C(=O)O)cc3C2)c1. The molecule has 142 valence electrons. The molecule has 0 fully saturated rings. The monoisotopic (exact) mass is 387 g/mol. The van der Waals surface area contributed by atoms with Crippen molar-refractivity contribution < 1.29 is 23.1 Å². The fourth-order valence-corrected chi connectivity index (χ4v) is 4.16. The van der Waals surface area contributed by atoms with Gasteiger partial charge >= 0.3 is 5.97 Å². The first-order valence-electron chi connectivity index (χ1n) is 8.74. The second kappa shape index (κ2) is 7.52. The first kappa shape index (κ1) is 19.1. The molecule has 3 rings (SSSR count). The number of hydrogen-bond donors (Lipinski definition) is 1. The number of fused-ring (bicyclic) bond motifs is 1. The van der Waals surface area contributed by atoms with Crippen LogP contribution in [-0.4, -0.2) is 42.6 Å². The van der Waals surface area contributed by atoms with Crippen LogP contribution in [0.2, 0.25) is 0 Å². The van der Waals surface area contributed by atoms with Crippen molar-refractivity contribution in [1.29, 1.82) is 0 Å². The first-order chi connectivity index (χ1) is 12.8. The van der Waals surface area contributed by atoms with E-state index in [9.17, 15) is 18.0 Å². The Labute approximate surface area is 158 Å². The van der Waals surface area contributed by atoms with E-state index in [1.807, 2.05) is 0 Å². The van der Waals surface area contributed by atoms with E-state index in [-0.39, 0.29) is 28.5 Å². The van der Waals surface area contributed by atoms with E-state index in [0.717, 1.165) is 11.1 Å². The van der Waals surface area contributed by atoms with Crippen molar-refractivity contribution in [2.24, 2.45) is 0 Å². The van der Waals surface area contributed by atoms with Crippen LogP contribution < -0.4 is 0 Å². The fourth-order valence-electron chi connectivity index (χ4n) is 3.20. The minimum absolute atomic E-state index is 0.0131. The molecule has 0 spiro atoms. The number of hydrogen-bond acceptors (Lipinski definition) is 4. The molecule has 1 amide bonds. The zero-order chi connectivity index (χ0) is 19.6. The van der Waals surface area contributed by atoms with E-state index in [1.54, 1.807) is 48.2 Å². The van der Waals surface area contributed by atoms with Crippen LogP contribution in [0.25, 0.3) is 0 Å². The van der Waals surface area contributed by atoms with Gasteiger partial charge in [0.25, 0.3) is 0 Å². The average Bonchev–Trinajstić information content (AvgIpc) is 2.67. The zero-order valence-electron chi connectivity index (χ0n) is 15.0. The Morgan fingerprint density at radius 3 is 2.59 bits per heavy atom. The molecule has 0 atom stereocenters. The largest absolute Gasteiger partial charge is 0.478 e. The summed E-state index contributed by atoms with van der Waals surface area (Å²) in [5.74, 6) is -1.08. The van der Waals surface area contributed by atoms with Crippen LogP contribution in [0.5, 0.6) is 0 Å². The second-order valence-electron chi connectivity index (χ2n) is 6.58. The van der Waals surface area contributed by atoms with E-state index in [1.165, 1.54) is 6.07 Å². The van der Waals surface area contributed by atoms with Gasteiger partial charge in [-0.2, -0.15) is 0 Å². The Hall–Kier alpha value is -2.67. The lowest BCUT2D eigenvalue weighted by Gasteiger charge is -2.29. The smallest absolute Gasteiger partial charge is 0.335 e. The van der Waals surface area contributed by atoms with Crippen LogP contribution in [0.3, 0.4) is 0 Å². The van der Waals surface area contributed by atoms with Gasteiger partial charge in [0.05, 0.1) is 22.6 Å². The Morgan fingerprint density at radius 1 is 1.11 bits per heavy atom. The summed E-state index contributed by atoms with van der Waals surface area (Å²) in [7, 11) is -3.31. The molecule has 0 aromatic heterocycles. The van der Waals surface area contributed by atoms with Crippen LogP contribution in [-0.2, 0) is 34.0 Å². The normalized spacial score (nSPS) is 13.9. The predicted octanol–water partition coefficient (Wildman–Crippen LogP) is 2.31. The van der Waals surface area contributed by atoms with Gasteiger partial charge in [0.2, 0.25) is 5.91 Å². The van der Waals surface area contributed by atoms with Crippen molar-refractivity contribution in [3.63, 3.8) is 0 Å². The van der Waals surface area contributed by atoms with E-state index < -0.39 is 15.8 Å². The van der Waals surface area contributed by atoms with Gasteiger partial charge in [-0.3, -0.25) is 4.79 Å². The Morgan fingerprint density at radius 2 is 1.89 bits per heavy atom. The highest BCUT2D eigenvalue weighted by Crippen LogP contribution is 2.22. The molecule has 1 aliphatic heterocycles. The Kier molecular flexibility index (Phi) is 5.32. The lowest BCUT2D eigenvalue weighted by molar-refractivity contribution is -0.131. The Bertz CT molecular complexity index is 997. The number of carbonyl (C=O) groups is 2. The number of carboxylic acids is 1. The molecule has 0 aliphatic carbocycles. The third-order valence-electron chi connectivity index (χ3n) is 4.81. The summed E-state index contributed by atoms with van der Waals surface area (Å²) in [5, 5.41) is 9.14. The summed E-state index contributed by atoms with van der Waals surface area (Å²) in [6.45, 7) is 2.51. The van der Waals surface area contributed by atoms with Crippen molar-refractivity contribution in [1.82, 2.24) is 4.90 Å². The van der Waals surface area contributed by atoms with Crippen molar-refractivity contribution in [3.05, 3.63) is 64.7 Å². The minimum Gasteiger partial charge on any atom is -0.478 e. The molecule has 2 aromatic carbocycles. The molecule has 1 aliphatic rings. The van der Waals surface area contributed by atoms with E-state index in [0.29, 0.717) is 25.1 Å². The molecule has 27 heavy (non-hydrogen) atoms. The van der Waals surface area contributed by atoms with Gasteiger partial charge in [-0.15, -0.1) is 0 Å². The Balaban J connectivity index is 1.75. The third-order valence-corrected chi connectivity index (χ3v) is 6.54. The van der Waals surface area contributed by atoms with Crippen LogP contribution in [0.4, 0.5) is 0 Å². The highest BCUT2D eigenvalue weighted by Gasteiger charge is 2.22. The van der Waals surface area contributed by atoms with Crippen molar-refractivity contribution >= 4 is 21.7 Å². The van der Waals surface area contributed by atoms with Crippen LogP contribution in [0.1, 0.15) is 34.0 Å². The standard InChI is InChI=1S/C20H21NO5S/c1-2-27(25,26)18-5-3-4-14(10-18)11-19(22)21-9-8-15-6-7-16(20(23)24)12-17(15)13-21/h3-7,10,12H,2,8-9,11,13H2,1H3,(H,23,24). The molecule has 7 heteroatoms. The van der Waals surface area contributed by atoms with E-state index in [4.69, 9.17) is 5.11 Å². The summed E-state index contributed by atoms with van der Waals surface area (Å²) in [5.41, 5.74) is 2.76. The van der Waals surface area contributed by atoms with Crippen molar-refractivity contribution in [2.45, 2.75) is 31.2 Å². The highest BCUT2D eigenvalue weighted by molar-refractivity contribution is 7.91. The second-order valence-corrected chi connectivity index (χ2v) is 8.86. The highest BCUT2D eigenvalue weighted by atomic mass is 32.2. The van der Waals surface area contributed by atoms with Crippen molar-refractivity contribution in [2.75, 3.05) is 12.3 Å². The summed E-state index contributed by atoms with van der Waals surface area (Å²) in [6, 6.07) is 11.5. The molecular weight excluding hydrogens is 366 g/mol. The fraction of sp³-hybridized carbons (Fsp3) is 0.300. The maximum Gasteiger partial charge on any atom is 0.335 e. The molecule has 0 saturated carbocycles. The number of benzene rings is 2. The molecule has 0 unspecified atom stereocenters. The van der Waals surface area contributed by atoms with Gasteiger partial charge in [-0.1, -0.05) is 25.1 Å². The molecule has 0 radical (unpaired) electrons. The number of rotatable bonds is 5. The lowest BCUT2D eigenvalue weighted by Crippen LogP contribution is -2.37. The van der Waals surface area contributed by atoms with Crippen molar-refractivity contribution in [3.8, 4) is 0 Å². The number of nitrogens with zero attached hydrogens (tertiary/aromatic N) is 1. The van der Waals surface area contributed by atoms with Crippen LogP contribution in [0.15, 0.2) is 47.4 Å². The average molecular weight is 387 g/mol. The summed E-state index contributed by atoms with van der Waals surface area (Å²) in [4.78, 5) is 25.8. The topological polar surface area (TPSA) is 91.8 Å². The first-order valence-corrected chi connectivity index (χ1v) is 10.4. The van der Waals surface area contributed by atoms with Gasteiger partial charge in [0.15, 0.2) is 9.84 Å². The molecule has 1 heterocycles. The number of sulfone groups is 1. The van der Waals surface area contributed by atoms with Crippen LogP contribution in [0, 0.1) is 0 Å². The summed E-state index contributed by atoms with van der Waals surface area (Å²) < 4.78 is 24.0. The minimum atomic E-state index is -3.31. The van der Waals surface area contributed by atoms with Gasteiger partial charge in [0.1, 0.15) is 0 Å². The molecule has 2 aromatic rings. The molecule has 6 nitrogen and oxygen atoms in total. The van der Waals surface area contributed by atoms with Gasteiger partial charge in [0, 0.05) is 13.1 Å². The predicted molar refractivity (Wildman–Crippen MR) is 100 cm³/mol. The number of amides is 1. The summed E-state index contributed by atoms with van der Waals surface area (Å²) in [6.07, 6.45) is 0.784. The van der Waals surface area contributed by atoms with Crippen LogP contribution >= 0.6 is 0 Å². The summed E-state index contributed by atoms with van der Waals surface area (Å²) >= 11 is 0. The zero-order valence-corrected chi connectivity index (χ0v) is 15.8. The number of carboxylic acid groups (broad SMARTS) is 1. The van der Waals surface area contributed by atoms with Gasteiger partial charge < -0.3 is 10.0 Å². The number of aromatic carboxylic acids is 1. The van der Waals surface area contributed by atoms with Gasteiger partial charge in [-0.05, 0) is 47.4 Å². The molecule has 0 bridgehead atoms. The maximum atomic E-state index is 12.7. The number of carbonyl (C=O) groups excluding carboxylic acids is 1. The third kappa shape index (κ3) is 4.19. The maximum absolute atomic E-state index is 12.7. The lowest BCUT2D eigenvalue weighted by atomic mass is 9.97. The van der Waals surface area contributed by atoms with E-state index in [2.05, 4.69) is 0 Å². The molecule has 0 saturated heterocycles. The van der Waals surface area contributed by atoms with E-state index >= 15 is 0 Å². The van der Waals surface area contributed by atoms with Gasteiger partial charge in [-0.25, -0.2) is 13.2 Å². The molecule has 1 N–H and O–H groups in total. The molecular formula is C20H21NO5S. The quantitative estimate of drug-likeness (QED) is 0.850.